The van der Waals surface area contributed by atoms with Crippen molar-refractivity contribution in [3.05, 3.63) is 59.7 Å². The van der Waals surface area contributed by atoms with E-state index in [1.165, 1.54) is 37.9 Å². The van der Waals surface area contributed by atoms with Gasteiger partial charge in [-0.15, -0.1) is 0 Å². The molecule has 0 radical (unpaired) electrons. The number of benzene rings is 2. The van der Waals surface area contributed by atoms with Gasteiger partial charge in [0.1, 0.15) is 11.5 Å². The monoisotopic (exact) mass is 482 g/mol. The summed E-state index contributed by atoms with van der Waals surface area (Å²) >= 11 is 0. The van der Waals surface area contributed by atoms with Crippen LogP contribution >= 0.6 is 0 Å². The number of amidine groups is 1. The van der Waals surface area contributed by atoms with Crippen LogP contribution in [0.3, 0.4) is 0 Å². The van der Waals surface area contributed by atoms with Crippen LogP contribution < -0.4 is 20.9 Å². The summed E-state index contributed by atoms with van der Waals surface area (Å²) in [6, 6.07) is 15.7. The first-order valence-corrected chi connectivity index (χ1v) is 13.0. The quantitative estimate of drug-likeness (QED) is 0.116. The maximum Gasteiger partial charge on any atom is 0.170 e. The van der Waals surface area contributed by atoms with Crippen LogP contribution in [-0.2, 0) is 0 Å². The molecule has 2 aromatic carbocycles. The lowest BCUT2D eigenvalue weighted by Gasteiger charge is -2.32. The molecule has 1 saturated heterocycles. The van der Waals surface area contributed by atoms with Crippen molar-refractivity contribution in [2.24, 2.45) is 22.5 Å². The molecule has 0 spiro atoms. The number of oxime groups is 1. The van der Waals surface area contributed by atoms with Gasteiger partial charge in [0.05, 0.1) is 13.2 Å². The Balaban J connectivity index is 1.23. The molecule has 1 aliphatic rings. The fourth-order valence-corrected chi connectivity index (χ4v) is 4.61. The van der Waals surface area contributed by atoms with E-state index in [1.54, 1.807) is 12.1 Å². The van der Waals surface area contributed by atoms with Gasteiger partial charge < -0.3 is 31.0 Å². The molecule has 5 N–H and O–H groups in total. The molecule has 0 aromatic heterocycles. The second-order valence-electron chi connectivity index (χ2n) is 9.45. The molecule has 1 atom stereocenters. The lowest BCUT2D eigenvalue weighted by molar-refractivity contribution is 0.161. The number of nitrogens with two attached hydrogens (primary N) is 2. The number of piperidine rings is 1. The lowest BCUT2D eigenvalue weighted by atomic mass is 9.92. The Labute approximate surface area is 210 Å². The Bertz CT molecular complexity index is 878. The van der Waals surface area contributed by atoms with E-state index in [4.69, 9.17) is 26.1 Å². The molecule has 0 saturated carbocycles. The van der Waals surface area contributed by atoms with Crippen LogP contribution in [0, 0.1) is 5.92 Å². The van der Waals surface area contributed by atoms with Crippen molar-refractivity contribution in [1.29, 1.82) is 0 Å². The molecule has 1 aliphatic heterocycles. The third-order valence-electron chi connectivity index (χ3n) is 6.79. The average Bonchev–Trinajstić information content (AvgIpc) is 2.90. The Morgan fingerprint density at radius 2 is 1.60 bits per heavy atom. The third-order valence-corrected chi connectivity index (χ3v) is 6.79. The van der Waals surface area contributed by atoms with Crippen molar-refractivity contribution < 1.29 is 14.7 Å². The molecular formula is C28H42N4O3. The number of likely N-dealkylation sites (tertiary alicyclic amines) is 1. The first-order valence-electron chi connectivity index (χ1n) is 13.0. The molecule has 35 heavy (non-hydrogen) atoms. The number of nitrogens with zero attached hydrogens (tertiary/aromatic N) is 2. The van der Waals surface area contributed by atoms with Crippen LogP contribution in [0.1, 0.15) is 69.0 Å². The van der Waals surface area contributed by atoms with E-state index < -0.39 is 0 Å². The molecular weight excluding hydrogens is 440 g/mol. The van der Waals surface area contributed by atoms with Crippen molar-refractivity contribution in [2.45, 2.75) is 57.9 Å². The number of ether oxygens (including phenoxy) is 2. The van der Waals surface area contributed by atoms with Crippen molar-refractivity contribution >= 4 is 5.84 Å². The van der Waals surface area contributed by atoms with Gasteiger partial charge >= 0.3 is 0 Å². The molecule has 0 aliphatic carbocycles. The van der Waals surface area contributed by atoms with Gasteiger partial charge in [0.25, 0.3) is 0 Å². The molecule has 7 nitrogen and oxygen atoms in total. The van der Waals surface area contributed by atoms with Crippen molar-refractivity contribution in [2.75, 3.05) is 32.8 Å². The first-order chi connectivity index (χ1) is 17.1. The molecule has 1 fully saturated rings. The predicted octanol–water partition coefficient (Wildman–Crippen LogP) is 4.92. The van der Waals surface area contributed by atoms with E-state index >= 15 is 0 Å². The summed E-state index contributed by atoms with van der Waals surface area (Å²) in [5.41, 5.74) is 13.6. The van der Waals surface area contributed by atoms with E-state index in [2.05, 4.69) is 29.1 Å². The summed E-state index contributed by atoms with van der Waals surface area (Å²) in [7, 11) is 0. The minimum Gasteiger partial charge on any atom is -0.494 e. The Morgan fingerprint density at radius 1 is 1.00 bits per heavy atom. The number of rotatable bonds is 14. The Kier molecular flexibility index (Phi) is 11.2. The molecule has 0 amide bonds. The largest absolute Gasteiger partial charge is 0.494 e. The summed E-state index contributed by atoms with van der Waals surface area (Å²) < 4.78 is 11.8. The summed E-state index contributed by atoms with van der Waals surface area (Å²) in [5.74, 6) is 2.64. The normalized spacial score (nSPS) is 16.2. The van der Waals surface area contributed by atoms with Crippen LogP contribution in [0.2, 0.25) is 0 Å². The second kappa shape index (κ2) is 14.6. The van der Waals surface area contributed by atoms with E-state index in [-0.39, 0.29) is 11.9 Å². The Hall–Kier alpha value is -2.77. The van der Waals surface area contributed by atoms with Crippen LogP contribution in [0.25, 0.3) is 0 Å². The van der Waals surface area contributed by atoms with Crippen molar-refractivity contribution in [3.63, 3.8) is 0 Å². The molecule has 192 valence electrons. The summed E-state index contributed by atoms with van der Waals surface area (Å²) in [5, 5.41) is 11.7. The van der Waals surface area contributed by atoms with Gasteiger partial charge in [0, 0.05) is 18.2 Å². The van der Waals surface area contributed by atoms with Crippen LogP contribution in [0.15, 0.2) is 53.7 Å². The van der Waals surface area contributed by atoms with Crippen LogP contribution in [0.5, 0.6) is 11.5 Å². The summed E-state index contributed by atoms with van der Waals surface area (Å²) in [6.07, 6.45) is 7.98. The molecule has 2 aromatic rings. The molecule has 1 unspecified atom stereocenters. The zero-order chi connectivity index (χ0) is 24.9. The highest BCUT2D eigenvalue weighted by molar-refractivity contribution is 5.97. The first kappa shape index (κ1) is 26.8. The molecule has 1 heterocycles. The van der Waals surface area contributed by atoms with E-state index in [0.717, 1.165) is 56.3 Å². The lowest BCUT2D eigenvalue weighted by Crippen LogP contribution is -2.35. The van der Waals surface area contributed by atoms with E-state index in [9.17, 15) is 0 Å². The maximum atomic E-state index is 8.72. The molecule has 0 bridgehead atoms. The predicted molar refractivity (Wildman–Crippen MR) is 141 cm³/mol. The minimum absolute atomic E-state index is 0.102. The van der Waals surface area contributed by atoms with Crippen LogP contribution in [-0.4, -0.2) is 48.8 Å². The van der Waals surface area contributed by atoms with Crippen LogP contribution in [0.4, 0.5) is 0 Å². The Morgan fingerprint density at radius 3 is 2.20 bits per heavy atom. The molecule has 3 rings (SSSR count). The fraction of sp³-hybridized carbons (Fsp3) is 0.536. The molecule has 7 heteroatoms. The van der Waals surface area contributed by atoms with Gasteiger partial charge in [-0.3, -0.25) is 0 Å². The standard InChI is InChI=1S/C28H42N4O3/c1-2-5-27(29)23-7-11-25(12-8-23)34-20-3-6-22-15-18-32(19-16-22)17-4-21-35-26-13-9-24(10-14-26)28(30)31-33/h7-14,22,27,33H,2-6,15-21,29H2,1H3,(H2,30,31). The highest BCUT2D eigenvalue weighted by Gasteiger charge is 2.18. The van der Waals surface area contributed by atoms with Crippen molar-refractivity contribution in [3.8, 4) is 11.5 Å². The van der Waals surface area contributed by atoms with Crippen molar-refractivity contribution in [1.82, 2.24) is 4.90 Å². The average molecular weight is 483 g/mol. The highest BCUT2D eigenvalue weighted by Crippen LogP contribution is 2.23. The van der Waals surface area contributed by atoms with E-state index in [1.807, 2.05) is 24.3 Å². The van der Waals surface area contributed by atoms with Gasteiger partial charge in [-0.2, -0.15) is 0 Å². The van der Waals surface area contributed by atoms with Gasteiger partial charge in [-0.05, 0) is 99.5 Å². The third kappa shape index (κ3) is 9.07. The zero-order valence-electron chi connectivity index (χ0n) is 21.1. The fourth-order valence-electron chi connectivity index (χ4n) is 4.61. The second-order valence-corrected chi connectivity index (χ2v) is 9.45. The zero-order valence-corrected chi connectivity index (χ0v) is 21.1. The smallest absolute Gasteiger partial charge is 0.170 e. The SMILES string of the molecule is CCCC(N)c1ccc(OCCCC2CCN(CCCOc3ccc(/C(N)=N/O)cc3)CC2)cc1. The van der Waals surface area contributed by atoms with Gasteiger partial charge in [-0.1, -0.05) is 30.6 Å². The maximum absolute atomic E-state index is 8.72. The summed E-state index contributed by atoms with van der Waals surface area (Å²) in [4.78, 5) is 2.54. The highest BCUT2D eigenvalue weighted by atomic mass is 16.5. The number of hydrogen-bond acceptors (Lipinski definition) is 6. The van der Waals surface area contributed by atoms with E-state index in [0.29, 0.717) is 12.2 Å². The van der Waals surface area contributed by atoms with Gasteiger partial charge in [0.2, 0.25) is 0 Å². The number of hydrogen-bond donors (Lipinski definition) is 3. The van der Waals surface area contributed by atoms with Gasteiger partial charge in [0.15, 0.2) is 5.84 Å². The minimum atomic E-state index is 0.102. The van der Waals surface area contributed by atoms with Gasteiger partial charge in [-0.25, -0.2) is 0 Å². The topological polar surface area (TPSA) is 106 Å². The summed E-state index contributed by atoms with van der Waals surface area (Å²) in [6.45, 7) is 7.02.